The zero-order valence-corrected chi connectivity index (χ0v) is 11.4. The van der Waals surface area contributed by atoms with Crippen molar-refractivity contribution in [1.82, 2.24) is 5.32 Å². The first-order valence-corrected chi connectivity index (χ1v) is 5.72. The predicted molar refractivity (Wildman–Crippen MR) is 72.1 cm³/mol. The zero-order chi connectivity index (χ0) is 15.1. The van der Waals surface area contributed by atoms with E-state index in [1.807, 2.05) is 0 Å². The highest BCUT2D eigenvalue weighted by Crippen LogP contribution is 2.30. The Labute approximate surface area is 116 Å². The zero-order valence-electron chi connectivity index (χ0n) is 11.4. The van der Waals surface area contributed by atoms with Crippen LogP contribution in [-0.4, -0.2) is 37.7 Å². The van der Waals surface area contributed by atoms with Crippen molar-refractivity contribution in [2.75, 3.05) is 20.8 Å². The lowest BCUT2D eigenvalue weighted by Crippen LogP contribution is -2.19. The van der Waals surface area contributed by atoms with E-state index in [1.165, 1.54) is 33.3 Å². The molecule has 0 saturated carbocycles. The number of aromatic carboxylic acids is 1. The third-order valence-electron chi connectivity index (χ3n) is 2.40. The Morgan fingerprint density at radius 1 is 1.25 bits per heavy atom. The van der Waals surface area contributed by atoms with E-state index >= 15 is 0 Å². The monoisotopic (exact) mass is 277 g/mol. The number of carbonyl (C=O) groups excluding carboxylic acids is 1. The molecule has 106 valence electrons. The number of hydrogen-bond donors (Lipinski definition) is 2. The lowest BCUT2D eigenvalue weighted by atomic mass is 10.1. The van der Waals surface area contributed by atoms with Gasteiger partial charge in [0, 0.05) is 18.6 Å². The molecule has 2 N–H and O–H groups in total. The van der Waals surface area contributed by atoms with Crippen LogP contribution in [0.15, 0.2) is 12.1 Å². The number of methoxy groups -OCH3 is 2. The Morgan fingerprint density at radius 3 is 2.35 bits per heavy atom. The van der Waals surface area contributed by atoms with E-state index in [0.29, 0.717) is 17.1 Å². The normalized spacial score (nSPS) is 9.15. The van der Waals surface area contributed by atoms with Crippen LogP contribution in [0.2, 0.25) is 0 Å². The van der Waals surface area contributed by atoms with Crippen molar-refractivity contribution in [2.45, 2.75) is 6.92 Å². The number of carboxylic acids is 1. The smallest absolute Gasteiger partial charge is 0.337 e. The minimum Gasteiger partial charge on any atom is -0.493 e. The van der Waals surface area contributed by atoms with Gasteiger partial charge in [0.2, 0.25) is 5.91 Å². The van der Waals surface area contributed by atoms with Crippen LogP contribution in [0.5, 0.6) is 11.5 Å². The average Bonchev–Trinajstić information content (AvgIpc) is 2.42. The van der Waals surface area contributed by atoms with E-state index in [9.17, 15) is 9.59 Å². The Hall–Kier alpha value is -2.68. The molecule has 0 aliphatic heterocycles. The molecule has 0 spiro atoms. The molecule has 0 aliphatic rings. The fourth-order valence-corrected chi connectivity index (χ4v) is 1.47. The summed E-state index contributed by atoms with van der Waals surface area (Å²) >= 11 is 0. The van der Waals surface area contributed by atoms with Crippen LogP contribution >= 0.6 is 0 Å². The minimum atomic E-state index is -1.12. The third-order valence-corrected chi connectivity index (χ3v) is 2.40. The fraction of sp³-hybridized carbons (Fsp3) is 0.286. The maximum absolute atomic E-state index is 11.2. The van der Waals surface area contributed by atoms with E-state index in [-0.39, 0.29) is 18.0 Å². The molecule has 6 nitrogen and oxygen atoms in total. The lowest BCUT2D eigenvalue weighted by Gasteiger charge is -2.09. The molecule has 20 heavy (non-hydrogen) atoms. The van der Waals surface area contributed by atoms with Gasteiger partial charge >= 0.3 is 5.97 Å². The maximum atomic E-state index is 11.2. The molecule has 0 radical (unpaired) electrons. The van der Waals surface area contributed by atoms with Gasteiger partial charge in [0.05, 0.1) is 26.3 Å². The summed E-state index contributed by atoms with van der Waals surface area (Å²) in [6, 6.07) is 2.84. The molecule has 0 heterocycles. The molecule has 0 unspecified atom stereocenters. The highest BCUT2D eigenvalue weighted by atomic mass is 16.5. The van der Waals surface area contributed by atoms with Gasteiger partial charge in [-0.05, 0) is 6.07 Å². The Bertz CT molecular complexity index is 583. The average molecular weight is 277 g/mol. The summed E-state index contributed by atoms with van der Waals surface area (Å²) in [5, 5.41) is 11.7. The van der Waals surface area contributed by atoms with Gasteiger partial charge in [0.15, 0.2) is 11.5 Å². The van der Waals surface area contributed by atoms with E-state index in [0.717, 1.165) is 0 Å². The van der Waals surface area contributed by atoms with Crippen molar-refractivity contribution >= 4 is 11.9 Å². The summed E-state index contributed by atoms with van der Waals surface area (Å²) in [4.78, 5) is 21.9. The maximum Gasteiger partial charge on any atom is 0.337 e. The standard InChI is InChI=1S/C14H15NO5/c1-9(16)15-6-4-5-10-7-12(19-2)13(20-3)8-11(10)14(17)18/h7-8H,6H2,1-3H3,(H,15,16)(H,17,18). The number of hydrogen-bond acceptors (Lipinski definition) is 4. The molecule has 6 heteroatoms. The number of benzene rings is 1. The molecule has 1 aromatic carbocycles. The van der Waals surface area contributed by atoms with Crippen molar-refractivity contribution in [3.05, 3.63) is 23.3 Å². The summed E-state index contributed by atoms with van der Waals surface area (Å²) in [7, 11) is 2.87. The predicted octanol–water partition coefficient (Wildman–Crippen LogP) is 0.890. The van der Waals surface area contributed by atoms with Gasteiger partial charge in [-0.15, -0.1) is 0 Å². The molecule has 0 bridgehead atoms. The number of amides is 1. The molecule has 1 rings (SSSR count). The highest BCUT2D eigenvalue weighted by Gasteiger charge is 2.14. The lowest BCUT2D eigenvalue weighted by molar-refractivity contribution is -0.118. The fourth-order valence-electron chi connectivity index (χ4n) is 1.47. The summed E-state index contributed by atoms with van der Waals surface area (Å²) in [6.07, 6.45) is 0. The second-order valence-corrected chi connectivity index (χ2v) is 3.77. The first-order valence-electron chi connectivity index (χ1n) is 5.72. The van der Waals surface area contributed by atoms with E-state index < -0.39 is 5.97 Å². The first kappa shape index (κ1) is 15.4. The van der Waals surface area contributed by atoms with E-state index in [1.54, 1.807) is 0 Å². The molecule has 1 amide bonds. The molecule has 0 atom stereocenters. The van der Waals surface area contributed by atoms with E-state index in [4.69, 9.17) is 14.6 Å². The van der Waals surface area contributed by atoms with Crippen LogP contribution in [-0.2, 0) is 4.79 Å². The van der Waals surface area contributed by atoms with Gasteiger partial charge in [-0.25, -0.2) is 4.79 Å². The Kier molecular flexibility index (Phi) is 5.42. The summed E-state index contributed by atoms with van der Waals surface area (Å²) < 4.78 is 10.1. The second-order valence-electron chi connectivity index (χ2n) is 3.77. The van der Waals surface area contributed by atoms with Crippen LogP contribution in [0.25, 0.3) is 0 Å². The number of carbonyl (C=O) groups is 2. The van der Waals surface area contributed by atoms with Crippen LogP contribution < -0.4 is 14.8 Å². The summed E-state index contributed by atoms with van der Waals surface area (Å²) in [5.41, 5.74) is 0.304. The SMILES string of the molecule is COc1cc(C#CCNC(C)=O)c(C(=O)O)cc1OC. The van der Waals surface area contributed by atoms with Crippen LogP contribution in [0.1, 0.15) is 22.8 Å². The number of ether oxygens (including phenoxy) is 2. The second kappa shape index (κ2) is 7.04. The topological polar surface area (TPSA) is 84.9 Å². The van der Waals surface area contributed by atoms with Crippen molar-refractivity contribution < 1.29 is 24.2 Å². The minimum absolute atomic E-state index is 0.0120. The van der Waals surface area contributed by atoms with Crippen LogP contribution in [0.3, 0.4) is 0 Å². The largest absolute Gasteiger partial charge is 0.493 e. The molecular weight excluding hydrogens is 262 g/mol. The van der Waals surface area contributed by atoms with Crippen molar-refractivity contribution in [3.63, 3.8) is 0 Å². The van der Waals surface area contributed by atoms with E-state index in [2.05, 4.69) is 17.2 Å². The summed E-state index contributed by atoms with van der Waals surface area (Å²) in [5.74, 6) is 4.76. The van der Waals surface area contributed by atoms with Gasteiger partial charge in [-0.2, -0.15) is 0 Å². The van der Waals surface area contributed by atoms with Crippen molar-refractivity contribution in [2.24, 2.45) is 0 Å². The van der Waals surface area contributed by atoms with Gasteiger partial charge in [0.1, 0.15) is 0 Å². The summed E-state index contributed by atoms with van der Waals surface area (Å²) in [6.45, 7) is 1.52. The molecule has 0 aliphatic carbocycles. The molecule has 0 aromatic heterocycles. The van der Waals surface area contributed by atoms with Crippen molar-refractivity contribution in [1.29, 1.82) is 0 Å². The third kappa shape index (κ3) is 3.92. The van der Waals surface area contributed by atoms with Gasteiger partial charge < -0.3 is 19.9 Å². The van der Waals surface area contributed by atoms with Crippen molar-refractivity contribution in [3.8, 4) is 23.3 Å². The van der Waals surface area contributed by atoms with Crippen LogP contribution in [0.4, 0.5) is 0 Å². The van der Waals surface area contributed by atoms with Crippen LogP contribution in [0, 0.1) is 11.8 Å². The number of carboxylic acid groups (broad SMARTS) is 1. The van der Waals surface area contributed by atoms with Gasteiger partial charge in [-0.3, -0.25) is 4.79 Å². The molecule has 0 fully saturated rings. The Balaban J connectivity index is 3.15. The molecule has 0 saturated heterocycles. The first-order chi connectivity index (χ1) is 9.49. The molecule has 1 aromatic rings. The van der Waals surface area contributed by atoms with Gasteiger partial charge in [-0.1, -0.05) is 11.8 Å². The molecular formula is C14H15NO5. The number of rotatable bonds is 4. The Morgan fingerprint density at radius 2 is 1.85 bits per heavy atom. The van der Waals surface area contributed by atoms with Gasteiger partial charge in [0.25, 0.3) is 0 Å². The number of nitrogens with one attached hydrogen (secondary N) is 1. The highest BCUT2D eigenvalue weighted by molar-refractivity contribution is 5.92. The quantitative estimate of drug-likeness (QED) is 0.798.